The predicted molar refractivity (Wildman–Crippen MR) is 80.3 cm³/mol. The van der Waals surface area contributed by atoms with Gasteiger partial charge < -0.3 is 10.1 Å². The third kappa shape index (κ3) is 3.03. The minimum Gasteiger partial charge on any atom is -0.482 e. The Hall–Kier alpha value is -2.95. The van der Waals surface area contributed by atoms with Gasteiger partial charge in [-0.05, 0) is 42.0 Å². The molecule has 2 aromatic rings. The molecule has 0 saturated heterocycles. The summed E-state index contributed by atoms with van der Waals surface area (Å²) in [6.45, 7) is -0.0280. The van der Waals surface area contributed by atoms with Gasteiger partial charge in [-0.2, -0.15) is 0 Å². The molecule has 0 aromatic heterocycles. The van der Waals surface area contributed by atoms with Crippen molar-refractivity contribution in [3.8, 4) is 5.75 Å². The van der Waals surface area contributed by atoms with Crippen molar-refractivity contribution in [2.24, 2.45) is 0 Å². The molecule has 1 amide bonds. The number of carbonyl (C=O) groups is 2. The van der Waals surface area contributed by atoms with Crippen LogP contribution in [0.25, 0.3) is 6.08 Å². The van der Waals surface area contributed by atoms with Crippen LogP contribution in [0.5, 0.6) is 5.75 Å². The summed E-state index contributed by atoms with van der Waals surface area (Å²) in [6, 6.07) is 10.8. The van der Waals surface area contributed by atoms with Crippen LogP contribution in [0.4, 0.5) is 10.1 Å². The smallest absolute Gasteiger partial charge is 0.262 e. The van der Waals surface area contributed by atoms with Gasteiger partial charge in [-0.25, -0.2) is 4.39 Å². The average Bonchev–Trinajstić information content (AvgIpc) is 2.52. The molecule has 0 aliphatic carbocycles. The summed E-state index contributed by atoms with van der Waals surface area (Å²) in [6.07, 6.45) is 2.90. The minimum atomic E-state index is -0.358. The van der Waals surface area contributed by atoms with Crippen LogP contribution in [0.2, 0.25) is 0 Å². The zero-order valence-electron chi connectivity index (χ0n) is 11.5. The summed E-state index contributed by atoms with van der Waals surface area (Å²) in [5.41, 5.74) is 1.49. The number of benzene rings is 2. The number of ether oxygens (including phenoxy) is 1. The van der Waals surface area contributed by atoms with Crippen molar-refractivity contribution in [1.29, 1.82) is 0 Å². The lowest BCUT2D eigenvalue weighted by molar-refractivity contribution is -0.118. The largest absolute Gasteiger partial charge is 0.482 e. The van der Waals surface area contributed by atoms with E-state index >= 15 is 0 Å². The monoisotopic (exact) mass is 297 g/mol. The molecule has 0 bridgehead atoms. The van der Waals surface area contributed by atoms with Gasteiger partial charge in [-0.1, -0.05) is 18.2 Å². The lowest BCUT2D eigenvalue weighted by Crippen LogP contribution is -2.25. The van der Waals surface area contributed by atoms with Crippen LogP contribution in [0.1, 0.15) is 15.9 Å². The third-order valence-electron chi connectivity index (χ3n) is 3.17. The summed E-state index contributed by atoms with van der Waals surface area (Å²) in [5, 5.41) is 2.65. The van der Waals surface area contributed by atoms with E-state index in [1.165, 1.54) is 18.2 Å². The van der Waals surface area contributed by atoms with Crippen LogP contribution in [-0.4, -0.2) is 18.3 Å². The lowest BCUT2D eigenvalue weighted by Gasteiger charge is -2.17. The summed E-state index contributed by atoms with van der Waals surface area (Å²) in [5.74, 6) is -0.326. The molecule has 2 aromatic carbocycles. The van der Waals surface area contributed by atoms with Crippen molar-refractivity contribution in [3.63, 3.8) is 0 Å². The first kappa shape index (κ1) is 14.0. The molecule has 22 heavy (non-hydrogen) atoms. The maximum Gasteiger partial charge on any atom is 0.262 e. The van der Waals surface area contributed by atoms with Gasteiger partial charge in [0.1, 0.15) is 11.6 Å². The number of hydrogen-bond donors (Lipinski definition) is 1. The van der Waals surface area contributed by atoms with Crippen LogP contribution >= 0.6 is 0 Å². The van der Waals surface area contributed by atoms with Gasteiger partial charge in [0, 0.05) is 5.56 Å². The fraction of sp³-hybridized carbons (Fsp3) is 0.0588. The van der Waals surface area contributed by atoms with Crippen LogP contribution in [0.15, 0.2) is 48.5 Å². The first-order valence-electron chi connectivity index (χ1n) is 6.66. The van der Waals surface area contributed by atoms with Crippen LogP contribution in [-0.2, 0) is 4.79 Å². The zero-order chi connectivity index (χ0) is 15.5. The van der Waals surface area contributed by atoms with Crippen LogP contribution in [0, 0.1) is 5.82 Å². The molecule has 0 spiro atoms. The second kappa shape index (κ2) is 5.81. The second-order valence-electron chi connectivity index (χ2n) is 4.80. The van der Waals surface area contributed by atoms with Crippen LogP contribution < -0.4 is 10.1 Å². The molecule has 0 unspecified atom stereocenters. The van der Waals surface area contributed by atoms with Crippen molar-refractivity contribution >= 4 is 23.5 Å². The number of anilines is 1. The number of hydrogen-bond acceptors (Lipinski definition) is 3. The molecular weight excluding hydrogens is 285 g/mol. The van der Waals surface area contributed by atoms with Crippen molar-refractivity contribution in [2.45, 2.75) is 0 Å². The Balaban J connectivity index is 1.80. The summed E-state index contributed by atoms with van der Waals surface area (Å²) in [4.78, 5) is 23.4. The fourth-order valence-corrected chi connectivity index (χ4v) is 2.11. The third-order valence-corrected chi connectivity index (χ3v) is 3.17. The topological polar surface area (TPSA) is 55.4 Å². The summed E-state index contributed by atoms with van der Waals surface area (Å²) in [7, 11) is 0. The van der Waals surface area contributed by atoms with E-state index in [2.05, 4.69) is 5.32 Å². The predicted octanol–water partition coefficient (Wildman–Crippen LogP) is 3.05. The molecule has 1 heterocycles. The highest BCUT2D eigenvalue weighted by Crippen LogP contribution is 2.28. The Morgan fingerprint density at radius 1 is 1.23 bits per heavy atom. The van der Waals surface area contributed by atoms with Crippen molar-refractivity contribution in [2.75, 3.05) is 11.9 Å². The molecule has 1 N–H and O–H groups in total. The molecule has 1 aliphatic heterocycles. The molecule has 0 atom stereocenters. The number of halogens is 1. The Bertz CT molecular complexity index is 783. The first-order chi connectivity index (χ1) is 10.6. The Labute approximate surface area is 126 Å². The Morgan fingerprint density at radius 2 is 2.09 bits per heavy atom. The molecular formula is C17H12FNO3. The van der Waals surface area contributed by atoms with Gasteiger partial charge in [0.05, 0.1) is 5.69 Å². The lowest BCUT2D eigenvalue weighted by atomic mass is 10.1. The quantitative estimate of drug-likeness (QED) is 0.700. The first-order valence-corrected chi connectivity index (χ1v) is 6.66. The maximum absolute atomic E-state index is 13.1. The normalized spacial score (nSPS) is 13.4. The Morgan fingerprint density at radius 3 is 2.91 bits per heavy atom. The van der Waals surface area contributed by atoms with Gasteiger partial charge in [0.2, 0.25) is 0 Å². The standard InChI is InChI=1S/C17H12FNO3/c18-13-3-1-2-11(8-13)4-6-15(20)12-5-7-16-14(9-12)19-17(21)10-22-16/h1-9H,10H2,(H,19,21). The van der Waals surface area contributed by atoms with Gasteiger partial charge in [-0.15, -0.1) is 0 Å². The fourth-order valence-electron chi connectivity index (χ4n) is 2.11. The number of carbonyl (C=O) groups excluding carboxylic acids is 2. The SMILES string of the molecule is O=C1COc2ccc(C(=O)C=Cc3cccc(F)c3)cc2N1. The number of nitrogens with one attached hydrogen (secondary N) is 1. The highest BCUT2D eigenvalue weighted by Gasteiger charge is 2.17. The molecule has 0 fully saturated rings. The van der Waals surface area contributed by atoms with E-state index < -0.39 is 0 Å². The molecule has 3 rings (SSSR count). The van der Waals surface area contributed by atoms with Crippen molar-refractivity contribution in [1.82, 2.24) is 0 Å². The minimum absolute atomic E-state index is 0.0280. The molecule has 0 radical (unpaired) electrons. The summed E-state index contributed by atoms with van der Waals surface area (Å²) >= 11 is 0. The van der Waals surface area contributed by atoms with E-state index in [1.54, 1.807) is 36.4 Å². The average molecular weight is 297 g/mol. The van der Waals surface area contributed by atoms with E-state index in [-0.39, 0.29) is 24.1 Å². The van der Waals surface area contributed by atoms with Gasteiger partial charge in [0.25, 0.3) is 5.91 Å². The van der Waals surface area contributed by atoms with Crippen molar-refractivity contribution < 1.29 is 18.7 Å². The Kier molecular flexibility index (Phi) is 3.70. The van der Waals surface area contributed by atoms with E-state index in [9.17, 15) is 14.0 Å². The number of amides is 1. The second-order valence-corrected chi connectivity index (χ2v) is 4.80. The number of allylic oxidation sites excluding steroid dienone is 1. The van der Waals surface area contributed by atoms with E-state index in [1.807, 2.05) is 0 Å². The molecule has 1 aliphatic rings. The van der Waals surface area contributed by atoms with E-state index in [0.29, 0.717) is 22.6 Å². The molecule has 4 nitrogen and oxygen atoms in total. The van der Waals surface area contributed by atoms with Gasteiger partial charge in [-0.3, -0.25) is 9.59 Å². The number of fused-ring (bicyclic) bond motifs is 1. The van der Waals surface area contributed by atoms with Crippen molar-refractivity contribution in [3.05, 3.63) is 65.5 Å². The molecule has 5 heteroatoms. The number of rotatable bonds is 3. The molecule has 0 saturated carbocycles. The van der Waals surface area contributed by atoms with E-state index in [0.717, 1.165) is 0 Å². The highest BCUT2D eigenvalue weighted by molar-refractivity contribution is 6.08. The van der Waals surface area contributed by atoms with Gasteiger partial charge in [0.15, 0.2) is 12.4 Å². The summed E-state index contributed by atoms with van der Waals surface area (Å²) < 4.78 is 18.3. The number of ketones is 1. The highest BCUT2D eigenvalue weighted by atomic mass is 19.1. The van der Waals surface area contributed by atoms with Gasteiger partial charge >= 0.3 is 0 Å². The zero-order valence-corrected chi connectivity index (χ0v) is 11.5. The van der Waals surface area contributed by atoms with Crippen LogP contribution in [0.3, 0.4) is 0 Å². The maximum atomic E-state index is 13.1. The molecule has 110 valence electrons. The van der Waals surface area contributed by atoms with E-state index in [4.69, 9.17) is 4.74 Å².